The molecule has 1 aromatic heterocycles. The van der Waals surface area contributed by atoms with Crippen molar-refractivity contribution in [3.8, 4) is 5.75 Å². The van der Waals surface area contributed by atoms with E-state index in [0.717, 1.165) is 4.57 Å². The number of hydrogen-bond donors (Lipinski definition) is 4. The number of carbonyl (C=O) groups excluding carboxylic acids is 1. The molecule has 0 bridgehead atoms. The van der Waals surface area contributed by atoms with Crippen LogP contribution in [-0.2, 0) is 24.5 Å². The molecule has 0 spiro atoms. The van der Waals surface area contributed by atoms with Crippen LogP contribution in [-0.4, -0.2) is 63.8 Å². The lowest BCUT2D eigenvalue weighted by Crippen LogP contribution is -2.54. The van der Waals surface area contributed by atoms with Crippen LogP contribution >= 0.6 is 20.7 Å². The van der Waals surface area contributed by atoms with Gasteiger partial charge in [0.05, 0.1) is 12.7 Å². The molecule has 0 saturated carbocycles. The number of rotatable bonds is 13. The minimum atomic E-state index is -2.06. The Kier molecular flexibility index (Phi) is 11.0. The number of methoxy groups -OCH3 is 1. The summed E-state index contributed by atoms with van der Waals surface area (Å²) in [6.07, 6.45) is -1.69. The molecule has 0 aliphatic carbocycles. The maximum atomic E-state index is 12.3. The SMILES string of the molecule is COC(COP(NC(C)C(=O)OC(C)C)Oc1ccccc1)C(O)C(C)(O)n1ccc(=S)[nH]c1=O. The van der Waals surface area contributed by atoms with E-state index in [1.165, 1.54) is 26.3 Å². The molecule has 2 aromatic rings. The zero-order valence-electron chi connectivity index (χ0n) is 20.2. The van der Waals surface area contributed by atoms with Gasteiger partial charge in [-0.2, -0.15) is 0 Å². The molecule has 0 aliphatic heterocycles. The van der Waals surface area contributed by atoms with Gasteiger partial charge < -0.3 is 28.7 Å². The molecule has 194 valence electrons. The molecule has 0 aliphatic rings. The molecule has 35 heavy (non-hydrogen) atoms. The Balaban J connectivity index is 2.17. The first kappa shape index (κ1) is 29.1. The molecule has 2 rings (SSSR count). The number of esters is 1. The van der Waals surface area contributed by atoms with Crippen molar-refractivity contribution in [3.05, 3.63) is 57.7 Å². The number of para-hydroxylation sites is 1. The molecule has 1 aromatic carbocycles. The molecule has 5 unspecified atom stereocenters. The Morgan fingerprint density at radius 3 is 2.49 bits per heavy atom. The van der Waals surface area contributed by atoms with Gasteiger partial charge in [-0.15, -0.1) is 0 Å². The van der Waals surface area contributed by atoms with Crippen molar-refractivity contribution in [2.75, 3.05) is 13.7 Å². The molecule has 0 radical (unpaired) electrons. The molecular formula is C22H32N3O8PS. The number of aromatic amines is 1. The quantitative estimate of drug-likeness (QED) is 0.173. The molecule has 4 N–H and O–H groups in total. The van der Waals surface area contributed by atoms with E-state index in [4.69, 9.17) is 30.7 Å². The Hall–Kier alpha value is -2.18. The van der Waals surface area contributed by atoms with Crippen molar-refractivity contribution in [1.29, 1.82) is 0 Å². The second-order valence-electron chi connectivity index (χ2n) is 8.09. The number of ether oxygens (including phenoxy) is 2. The fraction of sp³-hybridized carbons (Fsp3) is 0.500. The van der Waals surface area contributed by atoms with E-state index in [2.05, 4.69) is 10.1 Å². The summed E-state index contributed by atoms with van der Waals surface area (Å²) in [5, 5.41) is 24.8. The minimum absolute atomic E-state index is 0.183. The van der Waals surface area contributed by atoms with Gasteiger partial charge in [-0.3, -0.25) is 14.3 Å². The first-order chi connectivity index (χ1) is 16.4. The second kappa shape index (κ2) is 13.2. The summed E-state index contributed by atoms with van der Waals surface area (Å²) in [6, 6.07) is 9.47. The van der Waals surface area contributed by atoms with Gasteiger partial charge in [-0.25, -0.2) is 9.88 Å². The van der Waals surface area contributed by atoms with Crippen LogP contribution in [0.15, 0.2) is 47.4 Å². The highest BCUT2D eigenvalue weighted by atomic mass is 32.1. The topological polar surface area (TPSA) is 144 Å². The van der Waals surface area contributed by atoms with E-state index in [0.29, 0.717) is 5.75 Å². The number of aromatic nitrogens is 2. The molecule has 13 heteroatoms. The van der Waals surface area contributed by atoms with E-state index < -0.39 is 44.2 Å². The maximum Gasteiger partial charge on any atom is 0.328 e. The molecule has 1 heterocycles. The highest BCUT2D eigenvalue weighted by Gasteiger charge is 2.40. The van der Waals surface area contributed by atoms with Crippen LogP contribution in [0.4, 0.5) is 0 Å². The van der Waals surface area contributed by atoms with Gasteiger partial charge in [0, 0.05) is 13.3 Å². The highest BCUT2D eigenvalue weighted by molar-refractivity contribution is 7.71. The van der Waals surface area contributed by atoms with Gasteiger partial charge >= 0.3 is 20.2 Å². The van der Waals surface area contributed by atoms with Crippen LogP contribution in [0.25, 0.3) is 0 Å². The third-order valence-corrected chi connectivity index (χ3v) is 6.42. The predicted octanol–water partition coefficient (Wildman–Crippen LogP) is 2.20. The lowest BCUT2D eigenvalue weighted by Gasteiger charge is -2.35. The number of nitrogens with one attached hydrogen (secondary N) is 2. The van der Waals surface area contributed by atoms with E-state index in [1.807, 2.05) is 6.07 Å². The largest absolute Gasteiger partial charge is 0.462 e. The number of H-pyrrole nitrogens is 1. The summed E-state index contributed by atoms with van der Waals surface area (Å²) in [6.45, 7) is 6.10. The van der Waals surface area contributed by atoms with Crippen LogP contribution in [0.5, 0.6) is 5.75 Å². The van der Waals surface area contributed by atoms with Crippen molar-refractivity contribution in [2.45, 2.75) is 57.8 Å². The van der Waals surface area contributed by atoms with Gasteiger partial charge in [0.2, 0.25) is 0 Å². The van der Waals surface area contributed by atoms with Gasteiger partial charge in [-0.1, -0.05) is 30.4 Å². The Morgan fingerprint density at radius 2 is 1.91 bits per heavy atom. The number of carbonyl (C=O) groups is 1. The molecule has 5 atom stereocenters. The second-order valence-corrected chi connectivity index (χ2v) is 9.74. The van der Waals surface area contributed by atoms with Crippen LogP contribution in [0.1, 0.15) is 27.7 Å². The van der Waals surface area contributed by atoms with Crippen molar-refractivity contribution >= 4 is 26.7 Å². The lowest BCUT2D eigenvalue weighted by atomic mass is 10.0. The predicted molar refractivity (Wildman–Crippen MR) is 132 cm³/mol. The average Bonchev–Trinajstić information content (AvgIpc) is 2.79. The summed E-state index contributed by atoms with van der Waals surface area (Å²) in [5.41, 5.74) is -2.77. The minimum Gasteiger partial charge on any atom is -0.462 e. The summed E-state index contributed by atoms with van der Waals surface area (Å²) in [5.74, 6) is 0.00276. The summed E-state index contributed by atoms with van der Waals surface area (Å²) >= 11 is 4.91. The van der Waals surface area contributed by atoms with Crippen molar-refractivity contribution in [2.24, 2.45) is 0 Å². The van der Waals surface area contributed by atoms with Crippen molar-refractivity contribution < 1.29 is 33.5 Å². The normalized spacial score (nSPS) is 16.7. The van der Waals surface area contributed by atoms with Crippen LogP contribution in [0.3, 0.4) is 0 Å². The van der Waals surface area contributed by atoms with Crippen LogP contribution in [0.2, 0.25) is 0 Å². The molecule has 0 fully saturated rings. The Labute approximate surface area is 210 Å². The number of aliphatic hydroxyl groups excluding tert-OH is 1. The monoisotopic (exact) mass is 529 g/mol. The van der Waals surface area contributed by atoms with Crippen LogP contribution < -0.4 is 15.3 Å². The van der Waals surface area contributed by atoms with Crippen molar-refractivity contribution in [3.63, 3.8) is 0 Å². The maximum absolute atomic E-state index is 12.3. The van der Waals surface area contributed by atoms with Gasteiger partial charge in [0.25, 0.3) is 0 Å². The zero-order chi connectivity index (χ0) is 26.2. The zero-order valence-corrected chi connectivity index (χ0v) is 21.9. The first-order valence-corrected chi connectivity index (χ1v) is 12.4. The summed E-state index contributed by atoms with van der Waals surface area (Å²) in [7, 11) is -0.585. The third-order valence-electron chi connectivity index (χ3n) is 4.82. The Bertz CT molecular complexity index is 1060. The molecule has 0 saturated heterocycles. The number of aliphatic hydroxyl groups is 2. The Morgan fingerprint density at radius 1 is 1.26 bits per heavy atom. The fourth-order valence-corrected chi connectivity index (χ4v) is 4.26. The molecule has 11 nitrogen and oxygen atoms in total. The highest BCUT2D eigenvalue weighted by Crippen LogP contribution is 2.37. The van der Waals surface area contributed by atoms with Gasteiger partial charge in [-0.05, 0) is 45.9 Å². The summed E-state index contributed by atoms with van der Waals surface area (Å²) in [4.78, 5) is 26.9. The number of hydrogen-bond acceptors (Lipinski definition) is 10. The molecular weight excluding hydrogens is 497 g/mol. The average molecular weight is 530 g/mol. The first-order valence-electron chi connectivity index (χ1n) is 10.8. The molecule has 0 amide bonds. The van der Waals surface area contributed by atoms with E-state index >= 15 is 0 Å². The summed E-state index contributed by atoms with van der Waals surface area (Å²) < 4.78 is 23.4. The smallest absolute Gasteiger partial charge is 0.328 e. The van der Waals surface area contributed by atoms with E-state index in [1.54, 1.807) is 45.0 Å². The van der Waals surface area contributed by atoms with Gasteiger partial charge in [0.15, 0.2) is 5.72 Å². The van der Waals surface area contributed by atoms with Crippen molar-refractivity contribution in [1.82, 2.24) is 14.6 Å². The lowest BCUT2D eigenvalue weighted by molar-refractivity contribution is -0.176. The third kappa shape index (κ3) is 8.46. The van der Waals surface area contributed by atoms with E-state index in [9.17, 15) is 19.8 Å². The van der Waals surface area contributed by atoms with Crippen LogP contribution in [0, 0.1) is 4.64 Å². The number of benzene rings is 1. The standard InChI is InChI=1S/C22H32N3O8PS/c1-14(2)32-20(27)15(3)24-34(33-16-9-7-6-8-10-16)31-13-17(30-5)19(26)22(4,29)25-12-11-18(35)23-21(25)28/h6-12,14-15,17,19,24,26,29H,13H2,1-5H3,(H,23,28,35). The fourth-order valence-electron chi connectivity index (χ4n) is 2.91. The van der Waals surface area contributed by atoms with Gasteiger partial charge in [0.1, 0.15) is 28.6 Å². The number of nitrogens with zero attached hydrogens (tertiary/aromatic N) is 1. The van der Waals surface area contributed by atoms with E-state index in [-0.39, 0.29) is 17.4 Å².